The van der Waals surface area contributed by atoms with Gasteiger partial charge in [0.25, 0.3) is 0 Å². The number of hydrogen-bond acceptors (Lipinski definition) is 0. The average molecular weight is 208 g/mol. The minimum absolute atomic E-state index is 0.324. The lowest BCUT2D eigenvalue weighted by molar-refractivity contribution is 0.138. The van der Waals surface area contributed by atoms with E-state index in [0.29, 0.717) is 11.1 Å². The first-order chi connectivity index (χ1) is 7.12. The fourth-order valence-electron chi connectivity index (χ4n) is 3.50. The largest absolute Gasteiger partial charge is 0.229 e. The third kappa shape index (κ3) is 2.96. The molecule has 2 aliphatic carbocycles. The van der Waals surface area contributed by atoms with Gasteiger partial charge in [0.1, 0.15) is 0 Å². The molecule has 0 aromatic heterocycles. The fourth-order valence-corrected chi connectivity index (χ4v) is 3.50. The van der Waals surface area contributed by atoms with E-state index in [1.807, 2.05) is 0 Å². The Morgan fingerprint density at radius 3 is 1.27 bits per heavy atom. The Kier molecular flexibility index (Phi) is 3.39. The molecule has 0 aromatic rings. The van der Waals surface area contributed by atoms with Crippen LogP contribution in [0.2, 0.25) is 0 Å². The quantitative estimate of drug-likeness (QED) is 0.650. The van der Waals surface area contributed by atoms with Crippen LogP contribution in [0.1, 0.15) is 78.1 Å². The molecule has 1 radical (unpaired) electrons. The first-order valence-corrected chi connectivity index (χ1v) is 6.86. The van der Waals surface area contributed by atoms with Gasteiger partial charge in [-0.05, 0) is 39.5 Å². The molecule has 0 atom stereocenters. The van der Waals surface area contributed by atoms with Gasteiger partial charge < -0.3 is 0 Å². The van der Waals surface area contributed by atoms with Crippen molar-refractivity contribution in [3.63, 3.8) is 0 Å². The first-order valence-electron chi connectivity index (χ1n) is 6.86. The van der Waals surface area contributed by atoms with Crippen LogP contribution in [0.25, 0.3) is 0 Å². The topological polar surface area (TPSA) is 14.1 Å². The van der Waals surface area contributed by atoms with Crippen LogP contribution < -0.4 is 5.32 Å². The third-order valence-electron chi connectivity index (χ3n) is 4.40. The van der Waals surface area contributed by atoms with Crippen LogP contribution >= 0.6 is 0 Å². The van der Waals surface area contributed by atoms with E-state index in [4.69, 9.17) is 5.32 Å². The summed E-state index contributed by atoms with van der Waals surface area (Å²) in [6.45, 7) is 4.79. The van der Waals surface area contributed by atoms with Crippen molar-refractivity contribution in [3.8, 4) is 0 Å². The molecule has 0 aromatic carbocycles. The number of hydrogen-bond donors (Lipinski definition) is 0. The summed E-state index contributed by atoms with van der Waals surface area (Å²) < 4.78 is 0. The molecular weight excluding hydrogens is 182 g/mol. The van der Waals surface area contributed by atoms with E-state index >= 15 is 0 Å². The zero-order chi connectivity index (χ0) is 10.8. The number of rotatable bonds is 2. The lowest BCUT2D eigenvalue weighted by Crippen LogP contribution is -2.51. The molecule has 0 unspecified atom stereocenters. The van der Waals surface area contributed by atoms with E-state index in [9.17, 15) is 0 Å². The van der Waals surface area contributed by atoms with E-state index in [1.165, 1.54) is 64.2 Å². The van der Waals surface area contributed by atoms with Gasteiger partial charge in [0, 0.05) is 11.1 Å². The summed E-state index contributed by atoms with van der Waals surface area (Å²) in [5.74, 6) is 0. The minimum Gasteiger partial charge on any atom is -0.229 e. The summed E-state index contributed by atoms with van der Waals surface area (Å²) >= 11 is 0. The summed E-state index contributed by atoms with van der Waals surface area (Å²) in [5.41, 5.74) is 0.648. The van der Waals surface area contributed by atoms with Crippen molar-refractivity contribution in [2.24, 2.45) is 0 Å². The van der Waals surface area contributed by atoms with Gasteiger partial charge in [0.05, 0.1) is 0 Å². The third-order valence-corrected chi connectivity index (χ3v) is 4.40. The number of nitrogens with zero attached hydrogens (tertiary/aromatic N) is 1. The Labute approximate surface area is 95.0 Å². The lowest BCUT2D eigenvalue weighted by atomic mass is 9.77. The molecule has 0 bridgehead atoms. The lowest BCUT2D eigenvalue weighted by Gasteiger charge is -2.43. The highest BCUT2D eigenvalue weighted by Crippen LogP contribution is 2.36. The normalized spacial score (nSPS) is 30.0. The van der Waals surface area contributed by atoms with Gasteiger partial charge in [-0.1, -0.05) is 38.5 Å². The van der Waals surface area contributed by atoms with Crippen LogP contribution in [0.5, 0.6) is 0 Å². The highest BCUT2D eigenvalue weighted by Gasteiger charge is 2.37. The predicted octanol–water partition coefficient (Wildman–Crippen LogP) is 4.04. The molecular formula is C14H26N. The van der Waals surface area contributed by atoms with E-state index in [1.54, 1.807) is 0 Å². The molecule has 2 rings (SSSR count). The Morgan fingerprint density at radius 1 is 0.600 bits per heavy atom. The maximum Gasteiger partial charge on any atom is 0.0335 e. The van der Waals surface area contributed by atoms with Gasteiger partial charge in [0.2, 0.25) is 0 Å². The molecule has 0 saturated heterocycles. The highest BCUT2D eigenvalue weighted by atomic mass is 15.0. The second-order valence-electron chi connectivity index (χ2n) is 6.23. The molecule has 0 aliphatic heterocycles. The van der Waals surface area contributed by atoms with Gasteiger partial charge >= 0.3 is 0 Å². The van der Waals surface area contributed by atoms with E-state index in [2.05, 4.69) is 13.8 Å². The van der Waals surface area contributed by atoms with Gasteiger partial charge in [-0.25, -0.2) is 5.32 Å². The SMILES string of the molecule is CC1([N]C2(C)CCCCC2)CCCCC1. The fraction of sp³-hybridized carbons (Fsp3) is 1.00. The maximum absolute atomic E-state index is 5.26. The van der Waals surface area contributed by atoms with E-state index in [-0.39, 0.29) is 0 Å². The Balaban J connectivity index is 1.93. The van der Waals surface area contributed by atoms with Crippen molar-refractivity contribution < 1.29 is 0 Å². The van der Waals surface area contributed by atoms with E-state index < -0.39 is 0 Å². The van der Waals surface area contributed by atoms with Crippen molar-refractivity contribution in [3.05, 3.63) is 0 Å². The second kappa shape index (κ2) is 4.45. The zero-order valence-electron chi connectivity index (χ0n) is 10.5. The molecule has 1 nitrogen and oxygen atoms in total. The van der Waals surface area contributed by atoms with Crippen LogP contribution in [-0.2, 0) is 0 Å². The smallest absolute Gasteiger partial charge is 0.0335 e. The second-order valence-corrected chi connectivity index (χ2v) is 6.23. The van der Waals surface area contributed by atoms with Gasteiger partial charge in [-0.2, -0.15) is 0 Å². The Bertz CT molecular complexity index is 175. The first kappa shape index (κ1) is 11.4. The van der Waals surface area contributed by atoms with Crippen LogP contribution in [0.4, 0.5) is 0 Å². The summed E-state index contributed by atoms with van der Waals surface area (Å²) in [5, 5.41) is 5.26. The molecule has 0 heterocycles. The molecule has 2 saturated carbocycles. The van der Waals surface area contributed by atoms with Crippen molar-refractivity contribution in [2.75, 3.05) is 0 Å². The molecule has 2 fully saturated rings. The van der Waals surface area contributed by atoms with Crippen LogP contribution in [0.15, 0.2) is 0 Å². The van der Waals surface area contributed by atoms with Crippen LogP contribution in [-0.4, -0.2) is 11.1 Å². The molecule has 1 heteroatoms. The highest BCUT2D eigenvalue weighted by molar-refractivity contribution is 4.96. The summed E-state index contributed by atoms with van der Waals surface area (Å²) in [6.07, 6.45) is 13.8. The summed E-state index contributed by atoms with van der Waals surface area (Å²) in [4.78, 5) is 0. The molecule has 15 heavy (non-hydrogen) atoms. The molecule has 0 spiro atoms. The van der Waals surface area contributed by atoms with Crippen LogP contribution in [0.3, 0.4) is 0 Å². The Hall–Kier alpha value is -0.0400. The Morgan fingerprint density at radius 2 is 0.933 bits per heavy atom. The van der Waals surface area contributed by atoms with Crippen molar-refractivity contribution in [2.45, 2.75) is 89.1 Å². The summed E-state index contributed by atoms with van der Waals surface area (Å²) in [6, 6.07) is 0. The van der Waals surface area contributed by atoms with Gasteiger partial charge in [-0.15, -0.1) is 0 Å². The molecule has 2 aliphatic rings. The van der Waals surface area contributed by atoms with Crippen molar-refractivity contribution >= 4 is 0 Å². The van der Waals surface area contributed by atoms with Gasteiger partial charge in [0.15, 0.2) is 0 Å². The maximum atomic E-state index is 5.26. The molecule has 87 valence electrons. The summed E-state index contributed by atoms with van der Waals surface area (Å²) in [7, 11) is 0. The molecule has 0 N–H and O–H groups in total. The van der Waals surface area contributed by atoms with Crippen molar-refractivity contribution in [1.82, 2.24) is 5.32 Å². The standard InChI is InChI=1S/C14H26N/c1-13(9-5-3-6-10-13)15-14(2)11-7-4-8-12-14/h3-12H2,1-2H3. The van der Waals surface area contributed by atoms with Gasteiger partial charge in [-0.3, -0.25) is 0 Å². The van der Waals surface area contributed by atoms with Crippen molar-refractivity contribution in [1.29, 1.82) is 0 Å². The molecule has 0 amide bonds. The predicted molar refractivity (Wildman–Crippen MR) is 65.1 cm³/mol. The van der Waals surface area contributed by atoms with Crippen LogP contribution in [0, 0.1) is 0 Å². The minimum atomic E-state index is 0.324. The zero-order valence-corrected chi connectivity index (χ0v) is 10.5. The average Bonchev–Trinajstić information content (AvgIpc) is 2.18. The monoisotopic (exact) mass is 208 g/mol. The van der Waals surface area contributed by atoms with E-state index in [0.717, 1.165) is 0 Å².